The third-order valence-electron chi connectivity index (χ3n) is 2.77. The third-order valence-corrected chi connectivity index (χ3v) is 3.56. The maximum atomic E-state index is 12.6. The van der Waals surface area contributed by atoms with E-state index in [4.69, 9.17) is 23.2 Å². The Labute approximate surface area is 138 Å². The summed E-state index contributed by atoms with van der Waals surface area (Å²) in [6.45, 7) is 0. The Bertz CT molecular complexity index is 751. The predicted molar refractivity (Wildman–Crippen MR) is 82.2 cm³/mol. The molecule has 0 saturated heterocycles. The van der Waals surface area contributed by atoms with E-state index < -0.39 is 23.5 Å². The number of aromatic hydroxyl groups is 1. The minimum absolute atomic E-state index is 0.0381. The Morgan fingerprint density at radius 3 is 2.43 bits per heavy atom. The molecule has 0 heterocycles. The van der Waals surface area contributed by atoms with Crippen LogP contribution in [0.1, 0.15) is 5.56 Å². The van der Waals surface area contributed by atoms with Crippen molar-refractivity contribution in [2.24, 2.45) is 0 Å². The van der Waals surface area contributed by atoms with Crippen molar-refractivity contribution in [3.05, 3.63) is 52.0 Å². The van der Waals surface area contributed by atoms with Gasteiger partial charge in [0, 0.05) is 5.69 Å². The second-order valence-corrected chi connectivity index (χ2v) is 5.20. The van der Waals surface area contributed by atoms with Crippen LogP contribution in [0, 0.1) is 0 Å². The van der Waals surface area contributed by atoms with Gasteiger partial charge in [0.25, 0.3) is 0 Å². The van der Waals surface area contributed by atoms with Gasteiger partial charge in [-0.25, -0.2) is 4.79 Å². The number of nitrogens with one attached hydrogen (secondary N) is 2. The van der Waals surface area contributed by atoms with Crippen LogP contribution < -0.4 is 10.6 Å². The lowest BCUT2D eigenvalue weighted by Gasteiger charge is -2.12. The van der Waals surface area contributed by atoms with Gasteiger partial charge >= 0.3 is 12.2 Å². The Hall–Kier alpha value is -2.12. The van der Waals surface area contributed by atoms with Crippen molar-refractivity contribution < 1.29 is 23.1 Å². The first kappa shape index (κ1) is 17.2. The third kappa shape index (κ3) is 4.20. The molecule has 0 aromatic heterocycles. The van der Waals surface area contributed by atoms with E-state index in [2.05, 4.69) is 10.6 Å². The number of carbonyl (C=O) groups excluding carboxylic acids is 1. The molecule has 4 nitrogen and oxygen atoms in total. The first-order valence-electron chi connectivity index (χ1n) is 6.10. The van der Waals surface area contributed by atoms with E-state index in [0.29, 0.717) is 0 Å². The highest BCUT2D eigenvalue weighted by Gasteiger charge is 2.30. The SMILES string of the molecule is O=C(Nc1cccc(C(F)(F)F)c1)Nc1ccc(Cl)c(Cl)c1O. The van der Waals surface area contributed by atoms with Gasteiger partial charge in [-0.2, -0.15) is 13.2 Å². The quantitative estimate of drug-likeness (QED) is 0.628. The van der Waals surface area contributed by atoms with Crippen LogP contribution in [-0.4, -0.2) is 11.1 Å². The first-order chi connectivity index (χ1) is 10.7. The van der Waals surface area contributed by atoms with Crippen LogP contribution in [0.3, 0.4) is 0 Å². The molecule has 2 rings (SSSR count). The number of alkyl halides is 3. The van der Waals surface area contributed by atoms with E-state index >= 15 is 0 Å². The lowest BCUT2D eigenvalue weighted by atomic mass is 10.2. The highest BCUT2D eigenvalue weighted by Crippen LogP contribution is 2.37. The highest BCUT2D eigenvalue weighted by atomic mass is 35.5. The number of rotatable bonds is 2. The van der Waals surface area contributed by atoms with Crippen molar-refractivity contribution >= 4 is 40.6 Å². The van der Waals surface area contributed by atoms with Gasteiger partial charge in [-0.05, 0) is 30.3 Å². The van der Waals surface area contributed by atoms with Crippen molar-refractivity contribution in [2.75, 3.05) is 10.6 Å². The van der Waals surface area contributed by atoms with E-state index in [1.165, 1.54) is 18.2 Å². The summed E-state index contributed by atoms with van der Waals surface area (Å²) in [5.74, 6) is -0.446. The Balaban J connectivity index is 2.13. The fourth-order valence-electron chi connectivity index (χ4n) is 1.70. The second kappa shape index (κ2) is 6.55. The topological polar surface area (TPSA) is 61.4 Å². The van der Waals surface area contributed by atoms with Crippen LogP contribution in [0.2, 0.25) is 10.0 Å². The maximum absolute atomic E-state index is 12.6. The van der Waals surface area contributed by atoms with E-state index in [-0.39, 0.29) is 21.4 Å². The summed E-state index contributed by atoms with van der Waals surface area (Å²) in [5.41, 5.74) is -0.992. The van der Waals surface area contributed by atoms with E-state index in [1.807, 2.05) is 0 Å². The molecule has 0 bridgehead atoms. The van der Waals surface area contributed by atoms with Gasteiger partial charge in [0.2, 0.25) is 0 Å². The number of phenols is 1. The van der Waals surface area contributed by atoms with Crippen molar-refractivity contribution in [1.29, 1.82) is 0 Å². The smallest absolute Gasteiger partial charge is 0.416 e. The zero-order valence-electron chi connectivity index (χ0n) is 11.2. The van der Waals surface area contributed by atoms with Crippen LogP contribution in [0.5, 0.6) is 5.75 Å². The van der Waals surface area contributed by atoms with Crippen molar-refractivity contribution in [3.63, 3.8) is 0 Å². The number of halogens is 5. The van der Waals surface area contributed by atoms with Crippen LogP contribution >= 0.6 is 23.2 Å². The number of benzene rings is 2. The molecule has 0 fully saturated rings. The molecule has 0 aliphatic heterocycles. The van der Waals surface area contributed by atoms with Crippen LogP contribution in [0.15, 0.2) is 36.4 Å². The fraction of sp³-hybridized carbons (Fsp3) is 0.0714. The molecule has 2 aromatic rings. The van der Waals surface area contributed by atoms with E-state index in [0.717, 1.165) is 18.2 Å². The first-order valence-corrected chi connectivity index (χ1v) is 6.86. The maximum Gasteiger partial charge on any atom is 0.416 e. The molecular formula is C14H9Cl2F3N2O2. The molecule has 0 aliphatic carbocycles. The summed E-state index contributed by atoms with van der Waals surface area (Å²) in [6, 6.07) is 5.93. The van der Waals surface area contributed by atoms with Gasteiger partial charge in [-0.15, -0.1) is 0 Å². The van der Waals surface area contributed by atoms with Gasteiger partial charge in [0.1, 0.15) is 5.02 Å². The minimum Gasteiger partial charge on any atom is -0.504 e. The molecule has 0 spiro atoms. The Morgan fingerprint density at radius 2 is 1.78 bits per heavy atom. The molecule has 2 amide bonds. The molecular weight excluding hydrogens is 356 g/mol. The number of amides is 2. The molecule has 0 aliphatic rings. The minimum atomic E-state index is -4.52. The molecule has 3 N–H and O–H groups in total. The molecule has 0 saturated carbocycles. The number of hydrogen-bond donors (Lipinski definition) is 3. The van der Waals surface area contributed by atoms with Gasteiger partial charge in [0.15, 0.2) is 5.75 Å². The average molecular weight is 365 g/mol. The summed E-state index contributed by atoms with van der Waals surface area (Å²) in [5, 5.41) is 14.2. The van der Waals surface area contributed by atoms with Crippen molar-refractivity contribution in [1.82, 2.24) is 0 Å². The molecule has 0 radical (unpaired) electrons. The standard InChI is InChI=1S/C14H9Cl2F3N2O2/c15-9-4-5-10(12(22)11(9)16)21-13(23)20-8-3-1-2-7(6-8)14(17,18)19/h1-6,22H,(H2,20,21,23). The molecule has 9 heteroatoms. The summed E-state index contributed by atoms with van der Waals surface area (Å²) < 4.78 is 37.8. The highest BCUT2D eigenvalue weighted by molar-refractivity contribution is 6.43. The van der Waals surface area contributed by atoms with Gasteiger partial charge < -0.3 is 15.7 Å². The zero-order valence-corrected chi connectivity index (χ0v) is 12.7. The summed E-state index contributed by atoms with van der Waals surface area (Å²) in [4.78, 5) is 11.8. The van der Waals surface area contributed by atoms with Crippen LogP contribution in [0.4, 0.5) is 29.3 Å². The van der Waals surface area contributed by atoms with Gasteiger partial charge in [-0.3, -0.25) is 0 Å². The summed E-state index contributed by atoms with van der Waals surface area (Å²) in [7, 11) is 0. The Morgan fingerprint density at radius 1 is 1.09 bits per heavy atom. The zero-order chi connectivity index (χ0) is 17.2. The number of anilines is 2. The number of hydrogen-bond acceptors (Lipinski definition) is 2. The van der Waals surface area contributed by atoms with Gasteiger partial charge in [0.05, 0.1) is 16.3 Å². The van der Waals surface area contributed by atoms with Crippen molar-refractivity contribution in [3.8, 4) is 5.75 Å². The molecule has 0 unspecified atom stereocenters. The molecule has 0 atom stereocenters. The number of carbonyl (C=O) groups is 1. The monoisotopic (exact) mass is 364 g/mol. The summed E-state index contributed by atoms with van der Waals surface area (Å²) >= 11 is 11.4. The average Bonchev–Trinajstić information content (AvgIpc) is 2.47. The predicted octanol–water partition coefficient (Wildman–Crippen LogP) is 5.36. The second-order valence-electron chi connectivity index (χ2n) is 4.42. The largest absolute Gasteiger partial charge is 0.504 e. The number of urea groups is 1. The van der Waals surface area contributed by atoms with E-state index in [1.54, 1.807) is 0 Å². The normalized spacial score (nSPS) is 11.2. The van der Waals surface area contributed by atoms with Crippen LogP contribution in [-0.2, 0) is 6.18 Å². The van der Waals surface area contributed by atoms with Crippen molar-refractivity contribution in [2.45, 2.75) is 6.18 Å². The summed E-state index contributed by atoms with van der Waals surface area (Å²) in [6.07, 6.45) is -4.52. The molecule has 122 valence electrons. The lowest BCUT2D eigenvalue weighted by Crippen LogP contribution is -2.20. The lowest BCUT2D eigenvalue weighted by molar-refractivity contribution is -0.137. The van der Waals surface area contributed by atoms with Gasteiger partial charge in [-0.1, -0.05) is 29.3 Å². The number of phenolic OH excluding ortho intramolecular Hbond substituents is 1. The molecule has 23 heavy (non-hydrogen) atoms. The Kier molecular flexibility index (Phi) is 4.91. The van der Waals surface area contributed by atoms with Crippen LogP contribution in [0.25, 0.3) is 0 Å². The molecule has 2 aromatic carbocycles. The van der Waals surface area contributed by atoms with E-state index in [9.17, 15) is 23.1 Å². The fourth-order valence-corrected chi connectivity index (χ4v) is 2.02.